The van der Waals surface area contributed by atoms with Crippen LogP contribution in [0.1, 0.15) is 24.3 Å². The smallest absolute Gasteiger partial charge is 0.0992 e. The molecule has 1 aromatic heterocycles. The highest BCUT2D eigenvalue weighted by atomic mass is 15.0. The number of imidazole rings is 1. The number of hydrogen-bond donors (Lipinski definition) is 1. The lowest BCUT2D eigenvalue weighted by atomic mass is 10.1. The van der Waals surface area contributed by atoms with Gasteiger partial charge < -0.3 is 10.3 Å². The lowest BCUT2D eigenvalue weighted by Crippen LogP contribution is -1.98. The molecule has 0 unspecified atom stereocenters. The molecule has 1 heterocycles. The molecular weight excluding hydrogens is 186 g/mol. The zero-order valence-electron chi connectivity index (χ0n) is 8.43. The summed E-state index contributed by atoms with van der Waals surface area (Å²) in [6.07, 6.45) is 8.09. The number of benzene rings is 1. The van der Waals surface area contributed by atoms with E-state index in [-0.39, 0.29) is 0 Å². The van der Waals surface area contributed by atoms with Crippen LogP contribution in [0.4, 0.5) is 5.69 Å². The molecule has 1 aliphatic rings. The second-order valence-corrected chi connectivity index (χ2v) is 4.06. The molecule has 1 saturated carbocycles. The molecule has 15 heavy (non-hydrogen) atoms. The van der Waals surface area contributed by atoms with E-state index in [0.717, 1.165) is 17.3 Å². The number of aromatic nitrogens is 2. The minimum atomic E-state index is 0.757. The molecule has 3 rings (SSSR count). The summed E-state index contributed by atoms with van der Waals surface area (Å²) < 4.78 is 1.96. The summed E-state index contributed by atoms with van der Waals surface area (Å²) in [6.45, 7) is 0. The van der Waals surface area contributed by atoms with Crippen molar-refractivity contribution in [1.82, 2.24) is 9.55 Å². The van der Waals surface area contributed by atoms with Crippen LogP contribution >= 0.6 is 0 Å². The van der Waals surface area contributed by atoms with Crippen molar-refractivity contribution in [2.24, 2.45) is 0 Å². The van der Waals surface area contributed by atoms with E-state index < -0.39 is 0 Å². The summed E-state index contributed by atoms with van der Waals surface area (Å²) in [7, 11) is 0. The van der Waals surface area contributed by atoms with Crippen molar-refractivity contribution in [3.05, 3.63) is 42.5 Å². The Morgan fingerprint density at radius 3 is 2.87 bits per heavy atom. The standard InChI is InChI=1S/C12H13N3/c13-11-4-3-10(9-1-2-9)7-12(11)15-6-5-14-8-15/h3-9H,1-2,13H2. The van der Waals surface area contributed by atoms with Crippen LogP contribution in [-0.2, 0) is 0 Å². The highest BCUT2D eigenvalue weighted by Crippen LogP contribution is 2.41. The molecule has 2 N–H and O–H groups in total. The highest BCUT2D eigenvalue weighted by molar-refractivity contribution is 5.59. The van der Waals surface area contributed by atoms with E-state index in [1.165, 1.54) is 18.4 Å². The van der Waals surface area contributed by atoms with Gasteiger partial charge in [0.05, 0.1) is 17.7 Å². The molecule has 3 heteroatoms. The molecule has 76 valence electrons. The fraction of sp³-hybridized carbons (Fsp3) is 0.250. The van der Waals surface area contributed by atoms with Gasteiger partial charge in [-0.1, -0.05) is 6.07 Å². The van der Waals surface area contributed by atoms with Crippen molar-refractivity contribution in [2.75, 3.05) is 5.73 Å². The maximum absolute atomic E-state index is 5.95. The summed E-state index contributed by atoms with van der Waals surface area (Å²) in [5, 5.41) is 0. The lowest BCUT2D eigenvalue weighted by molar-refractivity contribution is 1.04. The average molecular weight is 199 g/mol. The molecule has 0 spiro atoms. The summed E-state index contributed by atoms with van der Waals surface area (Å²) >= 11 is 0. The van der Waals surface area contributed by atoms with Crippen LogP contribution in [0.25, 0.3) is 5.69 Å². The first-order valence-electron chi connectivity index (χ1n) is 5.22. The quantitative estimate of drug-likeness (QED) is 0.754. The second kappa shape index (κ2) is 3.12. The van der Waals surface area contributed by atoms with Crippen LogP contribution in [-0.4, -0.2) is 9.55 Å². The predicted octanol–water partition coefficient (Wildman–Crippen LogP) is 2.33. The maximum atomic E-state index is 5.95. The topological polar surface area (TPSA) is 43.8 Å². The van der Waals surface area contributed by atoms with E-state index in [2.05, 4.69) is 17.1 Å². The van der Waals surface area contributed by atoms with Gasteiger partial charge in [-0.3, -0.25) is 0 Å². The molecule has 0 bridgehead atoms. The molecular formula is C12H13N3. The Labute approximate surface area is 88.6 Å². The van der Waals surface area contributed by atoms with E-state index in [1.54, 1.807) is 12.5 Å². The highest BCUT2D eigenvalue weighted by Gasteiger charge is 2.23. The summed E-state index contributed by atoms with van der Waals surface area (Å²) in [6, 6.07) is 6.30. The van der Waals surface area contributed by atoms with Crippen LogP contribution in [0.5, 0.6) is 0 Å². The normalized spacial score (nSPS) is 15.5. The zero-order chi connectivity index (χ0) is 10.3. The van der Waals surface area contributed by atoms with Gasteiger partial charge in [-0.15, -0.1) is 0 Å². The van der Waals surface area contributed by atoms with Gasteiger partial charge in [0, 0.05) is 12.4 Å². The Hall–Kier alpha value is -1.77. The van der Waals surface area contributed by atoms with Crippen LogP contribution in [0.15, 0.2) is 36.9 Å². The van der Waals surface area contributed by atoms with Gasteiger partial charge >= 0.3 is 0 Å². The Morgan fingerprint density at radius 1 is 1.33 bits per heavy atom. The molecule has 0 aliphatic heterocycles. The fourth-order valence-electron chi connectivity index (χ4n) is 1.86. The third kappa shape index (κ3) is 1.50. The average Bonchev–Trinajstić information content (AvgIpc) is 2.95. The van der Waals surface area contributed by atoms with Gasteiger partial charge in [-0.25, -0.2) is 4.98 Å². The molecule has 1 aliphatic carbocycles. The molecule has 0 atom stereocenters. The van der Waals surface area contributed by atoms with Crippen molar-refractivity contribution in [3.8, 4) is 5.69 Å². The van der Waals surface area contributed by atoms with Crippen molar-refractivity contribution >= 4 is 5.69 Å². The Bertz CT molecular complexity index is 470. The number of anilines is 1. The molecule has 0 saturated heterocycles. The summed E-state index contributed by atoms with van der Waals surface area (Å²) in [4.78, 5) is 4.04. The summed E-state index contributed by atoms with van der Waals surface area (Å²) in [5.41, 5.74) is 9.19. The van der Waals surface area contributed by atoms with E-state index >= 15 is 0 Å². The Kier molecular flexibility index (Phi) is 1.78. The zero-order valence-corrected chi connectivity index (χ0v) is 8.43. The molecule has 2 aromatic rings. The monoisotopic (exact) mass is 199 g/mol. The predicted molar refractivity (Wildman–Crippen MR) is 60.0 cm³/mol. The maximum Gasteiger partial charge on any atom is 0.0992 e. The van der Waals surface area contributed by atoms with E-state index in [1.807, 2.05) is 16.8 Å². The van der Waals surface area contributed by atoms with Crippen LogP contribution in [0.2, 0.25) is 0 Å². The molecule has 1 fully saturated rings. The number of nitrogen functional groups attached to an aromatic ring is 1. The van der Waals surface area contributed by atoms with Gasteiger partial charge in [0.2, 0.25) is 0 Å². The van der Waals surface area contributed by atoms with Crippen LogP contribution in [0.3, 0.4) is 0 Å². The van der Waals surface area contributed by atoms with Crippen molar-refractivity contribution in [3.63, 3.8) is 0 Å². The minimum absolute atomic E-state index is 0.757. The Morgan fingerprint density at radius 2 is 2.20 bits per heavy atom. The first-order chi connectivity index (χ1) is 7.34. The van der Waals surface area contributed by atoms with E-state index in [4.69, 9.17) is 5.73 Å². The lowest BCUT2D eigenvalue weighted by Gasteiger charge is -2.08. The van der Waals surface area contributed by atoms with Gasteiger partial charge in [-0.2, -0.15) is 0 Å². The molecule has 0 radical (unpaired) electrons. The first kappa shape index (κ1) is 8.53. The van der Waals surface area contributed by atoms with E-state index in [0.29, 0.717) is 0 Å². The van der Waals surface area contributed by atoms with Crippen LogP contribution in [0, 0.1) is 0 Å². The van der Waals surface area contributed by atoms with Crippen LogP contribution < -0.4 is 5.73 Å². The first-order valence-corrected chi connectivity index (χ1v) is 5.22. The van der Waals surface area contributed by atoms with Crippen molar-refractivity contribution in [1.29, 1.82) is 0 Å². The number of rotatable bonds is 2. The summed E-state index contributed by atoms with van der Waals surface area (Å²) in [5.74, 6) is 0.757. The number of nitrogens with zero attached hydrogens (tertiary/aromatic N) is 2. The van der Waals surface area contributed by atoms with Gasteiger partial charge in [0.1, 0.15) is 0 Å². The van der Waals surface area contributed by atoms with Crippen molar-refractivity contribution < 1.29 is 0 Å². The van der Waals surface area contributed by atoms with Gasteiger partial charge in [0.25, 0.3) is 0 Å². The van der Waals surface area contributed by atoms with Gasteiger partial charge in [0.15, 0.2) is 0 Å². The fourth-order valence-corrected chi connectivity index (χ4v) is 1.86. The second-order valence-electron chi connectivity index (χ2n) is 4.06. The van der Waals surface area contributed by atoms with E-state index in [9.17, 15) is 0 Å². The third-order valence-electron chi connectivity index (χ3n) is 2.89. The molecule has 3 nitrogen and oxygen atoms in total. The molecule has 0 amide bonds. The van der Waals surface area contributed by atoms with Gasteiger partial charge in [-0.05, 0) is 36.5 Å². The molecule has 1 aromatic carbocycles. The number of nitrogens with two attached hydrogens (primary N) is 1. The SMILES string of the molecule is Nc1ccc(C2CC2)cc1-n1ccnc1. The Balaban J connectivity index is 2.08. The largest absolute Gasteiger partial charge is 0.397 e. The third-order valence-corrected chi connectivity index (χ3v) is 2.89. The minimum Gasteiger partial charge on any atom is -0.397 e. The van der Waals surface area contributed by atoms with Crippen molar-refractivity contribution in [2.45, 2.75) is 18.8 Å². The number of hydrogen-bond acceptors (Lipinski definition) is 2.